The SMILES string of the molecule is CC(C)(O)c1ccncn1. The fourth-order valence-corrected chi connectivity index (χ4v) is 0.653. The zero-order chi connectivity index (χ0) is 7.61. The summed E-state index contributed by atoms with van der Waals surface area (Å²) in [6.07, 6.45) is 3.04. The van der Waals surface area contributed by atoms with Crippen molar-refractivity contribution in [2.24, 2.45) is 0 Å². The number of hydrogen-bond acceptors (Lipinski definition) is 3. The molecule has 0 spiro atoms. The molecule has 10 heavy (non-hydrogen) atoms. The molecule has 1 aromatic heterocycles. The molecule has 0 amide bonds. The van der Waals surface area contributed by atoms with E-state index < -0.39 is 5.60 Å². The molecule has 0 bridgehead atoms. The zero-order valence-corrected chi connectivity index (χ0v) is 6.07. The third-order valence-electron chi connectivity index (χ3n) is 1.21. The van der Waals surface area contributed by atoms with Crippen LogP contribution in [0.5, 0.6) is 0 Å². The van der Waals surface area contributed by atoms with Crippen molar-refractivity contribution in [2.75, 3.05) is 0 Å². The minimum Gasteiger partial charge on any atom is -0.384 e. The van der Waals surface area contributed by atoms with Gasteiger partial charge in [-0.3, -0.25) is 0 Å². The summed E-state index contributed by atoms with van der Waals surface area (Å²) in [6.45, 7) is 3.38. The zero-order valence-electron chi connectivity index (χ0n) is 6.07. The van der Waals surface area contributed by atoms with Crippen LogP contribution in [0.2, 0.25) is 0 Å². The van der Waals surface area contributed by atoms with Gasteiger partial charge in [0.15, 0.2) is 0 Å². The summed E-state index contributed by atoms with van der Waals surface area (Å²) in [6, 6.07) is 1.69. The molecule has 1 N–H and O–H groups in total. The van der Waals surface area contributed by atoms with Crippen LogP contribution in [0.25, 0.3) is 0 Å². The number of aliphatic hydroxyl groups is 1. The molecule has 3 nitrogen and oxygen atoms in total. The van der Waals surface area contributed by atoms with Crippen LogP contribution in [0.1, 0.15) is 19.5 Å². The molecule has 0 atom stereocenters. The van der Waals surface area contributed by atoms with E-state index in [4.69, 9.17) is 0 Å². The Morgan fingerprint density at radius 2 is 2.20 bits per heavy atom. The molecule has 0 aliphatic carbocycles. The van der Waals surface area contributed by atoms with Crippen molar-refractivity contribution in [1.82, 2.24) is 9.97 Å². The highest BCUT2D eigenvalue weighted by molar-refractivity contribution is 5.06. The highest BCUT2D eigenvalue weighted by Gasteiger charge is 2.16. The second-order valence-corrected chi connectivity index (χ2v) is 2.65. The molecule has 0 fully saturated rings. The standard InChI is InChI=1S/C7H10N2O/c1-7(2,10)6-3-4-8-5-9-6/h3-5,10H,1-2H3. The first kappa shape index (κ1) is 7.15. The van der Waals surface area contributed by atoms with Crippen LogP contribution >= 0.6 is 0 Å². The first-order valence-electron chi connectivity index (χ1n) is 3.09. The van der Waals surface area contributed by atoms with Gasteiger partial charge in [-0.05, 0) is 19.9 Å². The minimum absolute atomic E-state index is 0.641. The van der Waals surface area contributed by atoms with Gasteiger partial charge in [0.25, 0.3) is 0 Å². The largest absolute Gasteiger partial charge is 0.384 e. The number of nitrogens with zero attached hydrogens (tertiary/aromatic N) is 2. The average molecular weight is 138 g/mol. The normalized spacial score (nSPS) is 11.5. The van der Waals surface area contributed by atoms with E-state index >= 15 is 0 Å². The van der Waals surface area contributed by atoms with Crippen LogP contribution in [0.3, 0.4) is 0 Å². The van der Waals surface area contributed by atoms with Gasteiger partial charge in [-0.25, -0.2) is 9.97 Å². The van der Waals surface area contributed by atoms with Crippen molar-refractivity contribution < 1.29 is 5.11 Å². The van der Waals surface area contributed by atoms with Gasteiger partial charge in [-0.1, -0.05) is 0 Å². The summed E-state index contributed by atoms with van der Waals surface area (Å²) in [5.74, 6) is 0. The van der Waals surface area contributed by atoms with E-state index in [2.05, 4.69) is 9.97 Å². The van der Waals surface area contributed by atoms with Gasteiger partial charge >= 0.3 is 0 Å². The fraction of sp³-hybridized carbons (Fsp3) is 0.429. The smallest absolute Gasteiger partial charge is 0.115 e. The first-order chi connectivity index (χ1) is 4.61. The molecule has 0 aromatic carbocycles. The Labute approximate surface area is 59.8 Å². The predicted octanol–water partition coefficient (Wildman–Crippen LogP) is 0.704. The maximum atomic E-state index is 9.40. The van der Waals surface area contributed by atoms with Gasteiger partial charge in [0.05, 0.1) is 5.69 Å². The van der Waals surface area contributed by atoms with Crippen molar-refractivity contribution in [3.63, 3.8) is 0 Å². The van der Waals surface area contributed by atoms with Crippen LogP contribution in [0.15, 0.2) is 18.6 Å². The second-order valence-electron chi connectivity index (χ2n) is 2.65. The van der Waals surface area contributed by atoms with Gasteiger partial charge in [0.1, 0.15) is 11.9 Å². The molecule has 1 heterocycles. The fourth-order valence-electron chi connectivity index (χ4n) is 0.653. The lowest BCUT2D eigenvalue weighted by Crippen LogP contribution is -2.17. The predicted molar refractivity (Wildman–Crippen MR) is 37.3 cm³/mol. The van der Waals surface area contributed by atoms with E-state index in [-0.39, 0.29) is 0 Å². The molecule has 0 saturated carbocycles. The van der Waals surface area contributed by atoms with Crippen LogP contribution < -0.4 is 0 Å². The summed E-state index contributed by atoms with van der Waals surface area (Å²) in [5, 5.41) is 9.40. The summed E-state index contributed by atoms with van der Waals surface area (Å²) in [7, 11) is 0. The van der Waals surface area contributed by atoms with Gasteiger partial charge < -0.3 is 5.11 Å². The summed E-state index contributed by atoms with van der Waals surface area (Å²) in [5.41, 5.74) is -0.217. The highest BCUT2D eigenvalue weighted by atomic mass is 16.3. The highest BCUT2D eigenvalue weighted by Crippen LogP contribution is 2.14. The molecule has 1 rings (SSSR count). The molecule has 0 saturated heterocycles. The van der Waals surface area contributed by atoms with Crippen LogP contribution in [0, 0.1) is 0 Å². The Morgan fingerprint density at radius 1 is 1.50 bits per heavy atom. The lowest BCUT2D eigenvalue weighted by molar-refractivity contribution is 0.0737. The third kappa shape index (κ3) is 1.51. The van der Waals surface area contributed by atoms with Crippen molar-refractivity contribution in [3.8, 4) is 0 Å². The molecule has 1 aromatic rings. The Kier molecular flexibility index (Phi) is 1.68. The minimum atomic E-state index is -0.858. The van der Waals surface area contributed by atoms with E-state index in [9.17, 15) is 5.11 Å². The quantitative estimate of drug-likeness (QED) is 0.621. The lowest BCUT2D eigenvalue weighted by atomic mass is 10.1. The molecular formula is C7H10N2O. The van der Waals surface area contributed by atoms with E-state index in [1.165, 1.54) is 6.33 Å². The van der Waals surface area contributed by atoms with Gasteiger partial charge in [0, 0.05) is 6.20 Å². The van der Waals surface area contributed by atoms with E-state index in [0.29, 0.717) is 5.69 Å². The molecule has 0 unspecified atom stereocenters. The topological polar surface area (TPSA) is 46.0 Å². The van der Waals surface area contributed by atoms with Crippen LogP contribution in [-0.4, -0.2) is 15.1 Å². The maximum absolute atomic E-state index is 9.40. The van der Waals surface area contributed by atoms with E-state index in [1.54, 1.807) is 26.1 Å². The van der Waals surface area contributed by atoms with Crippen molar-refractivity contribution in [2.45, 2.75) is 19.4 Å². The molecular weight excluding hydrogens is 128 g/mol. The first-order valence-corrected chi connectivity index (χ1v) is 3.09. The third-order valence-corrected chi connectivity index (χ3v) is 1.21. The number of hydrogen-bond donors (Lipinski definition) is 1. The number of rotatable bonds is 1. The van der Waals surface area contributed by atoms with E-state index in [0.717, 1.165) is 0 Å². The Hall–Kier alpha value is -0.960. The second kappa shape index (κ2) is 2.34. The lowest BCUT2D eigenvalue weighted by Gasteiger charge is -2.14. The van der Waals surface area contributed by atoms with Crippen molar-refractivity contribution in [3.05, 3.63) is 24.3 Å². The summed E-state index contributed by atoms with van der Waals surface area (Å²) >= 11 is 0. The molecule has 54 valence electrons. The summed E-state index contributed by atoms with van der Waals surface area (Å²) in [4.78, 5) is 7.63. The monoisotopic (exact) mass is 138 g/mol. The summed E-state index contributed by atoms with van der Waals surface area (Å²) < 4.78 is 0. The molecule has 0 aliphatic heterocycles. The van der Waals surface area contributed by atoms with Crippen molar-refractivity contribution in [1.29, 1.82) is 0 Å². The van der Waals surface area contributed by atoms with Crippen LogP contribution in [-0.2, 0) is 5.60 Å². The van der Waals surface area contributed by atoms with Gasteiger partial charge in [0.2, 0.25) is 0 Å². The molecule has 3 heteroatoms. The Morgan fingerprint density at radius 3 is 2.50 bits per heavy atom. The van der Waals surface area contributed by atoms with Gasteiger partial charge in [-0.15, -0.1) is 0 Å². The maximum Gasteiger partial charge on any atom is 0.115 e. The Balaban J connectivity index is 2.97. The molecule has 0 radical (unpaired) electrons. The average Bonchev–Trinajstić information content (AvgIpc) is 1.88. The van der Waals surface area contributed by atoms with Crippen LogP contribution in [0.4, 0.5) is 0 Å². The number of aromatic nitrogens is 2. The van der Waals surface area contributed by atoms with Crippen molar-refractivity contribution >= 4 is 0 Å². The van der Waals surface area contributed by atoms with E-state index in [1.807, 2.05) is 0 Å². The Bertz CT molecular complexity index is 203. The molecule has 0 aliphatic rings. The van der Waals surface area contributed by atoms with Gasteiger partial charge in [-0.2, -0.15) is 0 Å².